The van der Waals surface area contributed by atoms with Gasteiger partial charge in [0, 0.05) is 17.4 Å². The van der Waals surface area contributed by atoms with Crippen molar-refractivity contribution >= 4 is 35.7 Å². The van der Waals surface area contributed by atoms with E-state index in [4.69, 9.17) is 47.0 Å². The summed E-state index contributed by atoms with van der Waals surface area (Å²) in [6, 6.07) is -0.903. The number of Topliss-reactive ketones (excluding diaryl/α,β-unsaturated/α-hetero) is 2. The number of nitrogens with two attached hydrogens (primary N) is 3. The van der Waals surface area contributed by atoms with Gasteiger partial charge in [0.05, 0.1) is 54.1 Å². The molecule has 7 rings (SSSR count). The number of likely N-dealkylation sites (N-methyl/N-ethyl adjacent to an activating group) is 2. The molecule has 2 aliphatic heterocycles. The van der Waals surface area contributed by atoms with Crippen molar-refractivity contribution in [3.8, 4) is 5.75 Å². The van der Waals surface area contributed by atoms with E-state index in [0.29, 0.717) is 0 Å². The van der Waals surface area contributed by atoms with E-state index in [9.17, 15) is 80.5 Å². The highest BCUT2D eigenvalue weighted by molar-refractivity contribution is 6.24. The van der Waals surface area contributed by atoms with E-state index in [1.54, 1.807) is 0 Å². The summed E-state index contributed by atoms with van der Waals surface area (Å²) < 4.78 is 22.9. The van der Waals surface area contributed by atoms with Gasteiger partial charge in [0.2, 0.25) is 5.78 Å². The average Bonchev–Trinajstić information content (AvgIpc) is 3.53. The number of amides is 1. The van der Waals surface area contributed by atoms with Gasteiger partial charge in [0.25, 0.3) is 5.91 Å². The Bertz CT molecular complexity index is 2390. The Labute approximate surface area is 409 Å². The number of phenols is 1. The van der Waals surface area contributed by atoms with Crippen LogP contribution in [-0.2, 0) is 38.9 Å². The van der Waals surface area contributed by atoms with Crippen molar-refractivity contribution in [2.45, 2.75) is 129 Å². The number of aldehydes is 1. The Hall–Kier alpha value is -5.48. The summed E-state index contributed by atoms with van der Waals surface area (Å²) in [7, 11) is 4.48. The number of guanidine groups is 2. The molecule has 23 N–H and O–H groups in total. The summed E-state index contributed by atoms with van der Waals surface area (Å²) in [6.07, 6.45) is -17.5. The molecule has 0 unspecified atom stereocenters. The van der Waals surface area contributed by atoms with Gasteiger partial charge in [-0.2, -0.15) is 0 Å². The summed E-state index contributed by atoms with van der Waals surface area (Å²) in [5.41, 5.74) is 7.72. The van der Waals surface area contributed by atoms with Crippen molar-refractivity contribution < 1.29 is 99.4 Å². The first kappa shape index (κ1) is 55.8. The number of benzene rings is 1. The molecule has 4 aliphatic carbocycles. The van der Waals surface area contributed by atoms with Gasteiger partial charge in [-0.05, 0) is 53.0 Å². The van der Waals surface area contributed by atoms with Gasteiger partial charge in [-0.15, -0.1) is 0 Å². The van der Waals surface area contributed by atoms with E-state index in [0.717, 1.165) is 0 Å². The molecule has 1 aromatic carbocycles. The Morgan fingerprint density at radius 2 is 1.49 bits per heavy atom. The minimum Gasteiger partial charge on any atom is -0.510 e. The standard InChI is InChI=1S/C22H24N2O8.C21H39N7O12/c1-21(31)8-5-4-6-11(25)12(8)16(26)13-9(21)7-10-15(24(2)3)17(27)14(20(23)30)19(29)22(10,32)18(13)28;1-5-21(36,4-30)16(40-17-9(26-2)13(34)10(31)6(3-29)38-17)18(37-5)39-15-8(28-20(24)25)11(32)7(27-19(22)23)12(33)14(15)35/h4-6,9-10,15,25,27-28,31-32H,7H2,1-3H3,(H2,23,30);4-18,26,29,31-36H,3H2,1-2H3,(H4,22,23,27)(H4,24,25,28)/t9-,10-,15-,21+,22-;5-,6-,7+,8-,9-,10-,11+,12-,13-,14+,15+,16-,17-,18-,21+/m00/s1. The van der Waals surface area contributed by atoms with Crippen LogP contribution in [0.4, 0.5) is 0 Å². The Balaban J connectivity index is 0.000000241. The average molecular weight is 1030 g/mol. The smallest absolute Gasteiger partial charge is 0.255 e. The number of rotatable bonds is 11. The maximum absolute atomic E-state index is 13.3. The first-order valence-electron chi connectivity index (χ1n) is 22.4. The lowest BCUT2D eigenvalue weighted by Gasteiger charge is -2.52. The lowest BCUT2D eigenvalue weighted by atomic mass is 9.55. The molecule has 2 heterocycles. The molecule has 1 amide bonds. The van der Waals surface area contributed by atoms with E-state index in [2.05, 4.69) is 16.0 Å². The fraction of sp³-hybridized carbons (Fsp3) is 0.628. The SMILES string of the molecule is CN(C)[C@@H]1C(O)=C(C(N)=O)C(=O)[C@@]2(O)C(O)=C3C(=O)c4c(O)cccc4[C@@](C)(O)[C@H]3C[C@@H]12.CN[C@@H]1[C@H](O[C@H]2[C@H](O[C@H]3[C@H](O)[C@@H](O)[C@H](NC(=N)N)[C@@H](O)[C@@H]3NC(=N)N)O[C@@H](C)[C@]2(O)C=O)O[C@@H](CO)[C@H](O)[C@H]1O. The molecule has 6 aliphatic rings. The van der Waals surface area contributed by atoms with Crippen molar-refractivity contribution in [3.63, 3.8) is 0 Å². The molecule has 29 heteroatoms. The topological polar surface area (TPSA) is 513 Å². The number of aliphatic hydroxyl groups is 11. The number of hydrogen-bond donors (Lipinski definition) is 20. The summed E-state index contributed by atoms with van der Waals surface area (Å²) in [4.78, 5) is 51.9. The summed E-state index contributed by atoms with van der Waals surface area (Å²) >= 11 is 0. The fourth-order valence-corrected chi connectivity index (χ4v) is 10.7. The van der Waals surface area contributed by atoms with Crippen LogP contribution in [-0.4, -0.2) is 232 Å². The molecule has 72 heavy (non-hydrogen) atoms. The third-order valence-corrected chi connectivity index (χ3v) is 14.5. The summed E-state index contributed by atoms with van der Waals surface area (Å²) in [5, 5.41) is 151. The van der Waals surface area contributed by atoms with E-state index >= 15 is 0 Å². The van der Waals surface area contributed by atoms with E-state index in [1.165, 1.54) is 58.1 Å². The molecule has 2 saturated heterocycles. The second-order valence-corrected chi connectivity index (χ2v) is 18.9. The van der Waals surface area contributed by atoms with Gasteiger partial charge in [-0.3, -0.25) is 34.9 Å². The molecule has 0 aromatic heterocycles. The predicted octanol–water partition coefficient (Wildman–Crippen LogP) is -7.96. The quantitative estimate of drug-likeness (QED) is 0.0424. The molecule has 0 radical (unpaired) electrons. The minimum atomic E-state index is -2.75. The highest BCUT2D eigenvalue weighted by Gasteiger charge is 2.66. The number of hydrogen-bond acceptors (Lipinski definition) is 24. The zero-order valence-corrected chi connectivity index (χ0v) is 39.4. The molecule has 3 fully saturated rings. The first-order valence-corrected chi connectivity index (χ1v) is 22.4. The van der Waals surface area contributed by atoms with Gasteiger partial charge in [-0.1, -0.05) is 12.1 Å². The van der Waals surface area contributed by atoms with Crippen LogP contribution in [0.25, 0.3) is 0 Å². The molecular formula is C43H63N9O20. The molecule has 0 spiro atoms. The summed E-state index contributed by atoms with van der Waals surface area (Å²) in [5.74, 6) is -9.18. The van der Waals surface area contributed by atoms with Crippen LogP contribution in [0.15, 0.2) is 40.9 Å². The van der Waals surface area contributed by atoms with Crippen LogP contribution >= 0.6 is 0 Å². The maximum atomic E-state index is 13.3. The number of fused-ring (bicyclic) bond motifs is 3. The van der Waals surface area contributed by atoms with Crippen molar-refractivity contribution in [2.75, 3.05) is 27.7 Å². The third-order valence-electron chi connectivity index (χ3n) is 14.5. The van der Waals surface area contributed by atoms with Crippen LogP contribution in [0.5, 0.6) is 5.75 Å². The number of ether oxygens (including phenoxy) is 4. The molecule has 20 atom stereocenters. The van der Waals surface area contributed by atoms with E-state index in [-0.39, 0.29) is 23.8 Å². The molecule has 1 saturated carbocycles. The number of phenolic OH excluding ortho intramolecular Hbond substituents is 1. The Kier molecular flexibility index (Phi) is 15.8. The lowest BCUT2D eigenvalue weighted by Crippen LogP contribution is -2.73. The number of carbonyl (C=O) groups is 4. The highest BCUT2D eigenvalue weighted by Crippen LogP contribution is 2.56. The summed E-state index contributed by atoms with van der Waals surface area (Å²) in [6.45, 7) is 2.02. The largest absolute Gasteiger partial charge is 0.510 e. The number of aromatic hydroxyl groups is 1. The number of primary amides is 1. The molecule has 0 bridgehead atoms. The predicted molar refractivity (Wildman–Crippen MR) is 241 cm³/mol. The van der Waals surface area contributed by atoms with Crippen LogP contribution in [0, 0.1) is 22.7 Å². The van der Waals surface area contributed by atoms with Gasteiger partial charge in [-0.25, -0.2) is 0 Å². The Morgan fingerprint density at radius 1 is 0.889 bits per heavy atom. The zero-order valence-electron chi connectivity index (χ0n) is 39.4. The van der Waals surface area contributed by atoms with Crippen LogP contribution in [0.3, 0.4) is 0 Å². The second kappa shape index (κ2) is 20.4. The molecule has 29 nitrogen and oxygen atoms in total. The number of nitrogens with zero attached hydrogens (tertiary/aromatic N) is 1. The van der Waals surface area contributed by atoms with Gasteiger partial charge in [0.15, 0.2) is 47.8 Å². The minimum absolute atomic E-state index is 0.135. The fourth-order valence-electron chi connectivity index (χ4n) is 10.7. The molecular weight excluding hydrogens is 963 g/mol. The van der Waals surface area contributed by atoms with E-state index < -0.39 is 185 Å². The molecule has 1 aromatic rings. The van der Waals surface area contributed by atoms with Gasteiger partial charge in [0.1, 0.15) is 65.6 Å². The highest BCUT2D eigenvalue weighted by atomic mass is 16.8. The van der Waals surface area contributed by atoms with Crippen LogP contribution in [0.2, 0.25) is 0 Å². The zero-order chi connectivity index (χ0) is 54.0. The van der Waals surface area contributed by atoms with Crippen molar-refractivity contribution in [2.24, 2.45) is 29.0 Å². The number of ketones is 2. The van der Waals surface area contributed by atoms with E-state index in [1.807, 2.05) is 0 Å². The lowest BCUT2D eigenvalue weighted by molar-refractivity contribution is -0.314. The van der Waals surface area contributed by atoms with Crippen LogP contribution in [0.1, 0.15) is 36.2 Å². The maximum Gasteiger partial charge on any atom is 0.255 e. The number of nitrogens with one attached hydrogen (secondary N) is 5. The number of aliphatic hydroxyl groups excluding tert-OH is 8. The number of carbonyl (C=O) groups excluding carboxylic acids is 4. The first-order chi connectivity index (χ1) is 33.5. The van der Waals surface area contributed by atoms with Crippen LogP contribution < -0.4 is 33.2 Å². The van der Waals surface area contributed by atoms with Crippen molar-refractivity contribution in [1.82, 2.24) is 20.9 Å². The van der Waals surface area contributed by atoms with Crippen molar-refractivity contribution in [1.29, 1.82) is 10.8 Å². The van der Waals surface area contributed by atoms with Gasteiger partial charge >= 0.3 is 0 Å². The molecule has 400 valence electrons. The monoisotopic (exact) mass is 1030 g/mol. The Morgan fingerprint density at radius 3 is 2.03 bits per heavy atom. The van der Waals surface area contributed by atoms with Crippen molar-refractivity contribution in [3.05, 3.63) is 52.0 Å². The van der Waals surface area contributed by atoms with Gasteiger partial charge < -0.3 is 113 Å². The second-order valence-electron chi connectivity index (χ2n) is 18.9. The third kappa shape index (κ3) is 9.06. The normalized spacial score (nSPS) is 41.6.